The van der Waals surface area contributed by atoms with Crippen molar-refractivity contribution in [3.63, 3.8) is 0 Å². The molecular weight excluding hydrogens is 416 g/mol. The van der Waals surface area contributed by atoms with E-state index in [0.717, 1.165) is 14.9 Å². The van der Waals surface area contributed by atoms with E-state index in [2.05, 4.69) is 15.1 Å². The lowest BCUT2D eigenvalue weighted by molar-refractivity contribution is 0.309. The number of imidazole rings is 1. The molecule has 140 valence electrons. The standard InChI is InChI=1S/C19H13ClN4O2S2/c1-27-19-23-24-9-13(21-18(24)28-19)17-22-16-14(3-2-4-15(16)26-17)25-10-11-5-7-12(20)8-6-11/h2-9H,10H2,1H3. The summed E-state index contributed by atoms with van der Waals surface area (Å²) in [4.78, 5) is 9.99. The minimum atomic E-state index is 0.417. The smallest absolute Gasteiger partial charge is 0.248 e. The number of aromatic nitrogens is 4. The van der Waals surface area contributed by atoms with Gasteiger partial charge in [0.1, 0.15) is 18.1 Å². The number of hydrogen-bond donors (Lipinski definition) is 0. The van der Waals surface area contributed by atoms with Crippen LogP contribution in [0.2, 0.25) is 5.02 Å². The van der Waals surface area contributed by atoms with Crippen LogP contribution in [0.4, 0.5) is 0 Å². The summed E-state index contributed by atoms with van der Waals surface area (Å²) in [5, 5.41) is 5.15. The van der Waals surface area contributed by atoms with E-state index in [1.165, 1.54) is 11.3 Å². The second-order valence-electron chi connectivity index (χ2n) is 5.96. The first-order chi connectivity index (χ1) is 13.7. The molecule has 28 heavy (non-hydrogen) atoms. The molecule has 0 unspecified atom stereocenters. The summed E-state index contributed by atoms with van der Waals surface area (Å²) < 4.78 is 14.6. The second-order valence-corrected chi connectivity index (χ2v) is 8.41. The molecule has 5 aromatic rings. The molecule has 0 fully saturated rings. The maximum Gasteiger partial charge on any atom is 0.248 e. The fraction of sp³-hybridized carbons (Fsp3) is 0.105. The molecule has 0 amide bonds. The summed E-state index contributed by atoms with van der Waals surface area (Å²) in [5.74, 6) is 1.10. The highest BCUT2D eigenvalue weighted by Crippen LogP contribution is 2.31. The van der Waals surface area contributed by atoms with Gasteiger partial charge in [-0.05, 0) is 36.1 Å². The number of para-hydroxylation sites is 1. The summed E-state index contributed by atoms with van der Waals surface area (Å²) in [5.41, 5.74) is 2.99. The molecule has 5 rings (SSSR count). The van der Waals surface area contributed by atoms with Crippen molar-refractivity contribution in [2.45, 2.75) is 10.9 Å². The van der Waals surface area contributed by atoms with Crippen LogP contribution in [0.15, 0.2) is 57.4 Å². The van der Waals surface area contributed by atoms with Gasteiger partial charge in [-0.25, -0.2) is 14.5 Å². The number of nitrogens with zero attached hydrogens (tertiary/aromatic N) is 4. The van der Waals surface area contributed by atoms with Crippen molar-refractivity contribution in [3.8, 4) is 17.3 Å². The molecule has 2 aromatic carbocycles. The van der Waals surface area contributed by atoms with Gasteiger partial charge in [0.05, 0.1) is 6.20 Å². The fourth-order valence-corrected chi connectivity index (χ4v) is 4.23. The minimum absolute atomic E-state index is 0.417. The number of halogens is 1. The normalized spacial score (nSPS) is 11.5. The fourth-order valence-electron chi connectivity index (χ4n) is 2.76. The first-order valence-corrected chi connectivity index (χ1v) is 10.8. The van der Waals surface area contributed by atoms with Crippen molar-refractivity contribution >= 4 is 50.8 Å². The van der Waals surface area contributed by atoms with Gasteiger partial charge in [-0.1, -0.05) is 52.9 Å². The quantitative estimate of drug-likeness (QED) is 0.342. The molecule has 0 radical (unpaired) electrons. The van der Waals surface area contributed by atoms with Crippen molar-refractivity contribution < 1.29 is 9.15 Å². The molecule has 0 atom stereocenters. The first-order valence-electron chi connectivity index (χ1n) is 8.37. The number of ether oxygens (including phenoxy) is 1. The van der Waals surface area contributed by atoms with Gasteiger partial charge in [-0.2, -0.15) is 0 Å². The highest BCUT2D eigenvalue weighted by atomic mass is 35.5. The highest BCUT2D eigenvalue weighted by Gasteiger charge is 2.16. The summed E-state index contributed by atoms with van der Waals surface area (Å²) in [6.07, 6.45) is 3.82. The van der Waals surface area contributed by atoms with Crippen molar-refractivity contribution in [2.75, 3.05) is 6.26 Å². The van der Waals surface area contributed by atoms with Gasteiger partial charge in [0.25, 0.3) is 0 Å². The number of hydrogen-bond acceptors (Lipinski definition) is 7. The third kappa shape index (κ3) is 3.23. The Morgan fingerprint density at radius 2 is 2.04 bits per heavy atom. The van der Waals surface area contributed by atoms with E-state index in [1.54, 1.807) is 16.3 Å². The van der Waals surface area contributed by atoms with Crippen molar-refractivity contribution in [1.29, 1.82) is 0 Å². The van der Waals surface area contributed by atoms with E-state index in [4.69, 9.17) is 20.8 Å². The Morgan fingerprint density at radius 3 is 2.82 bits per heavy atom. The van der Waals surface area contributed by atoms with E-state index in [1.807, 2.05) is 54.9 Å². The first kappa shape index (κ1) is 17.5. The molecule has 0 aliphatic heterocycles. The molecular formula is C19H13ClN4O2S2. The summed E-state index contributed by atoms with van der Waals surface area (Å²) in [7, 11) is 0. The average molecular weight is 429 g/mol. The molecule has 0 aliphatic rings. The maximum absolute atomic E-state index is 5.96. The molecule has 3 aromatic heterocycles. The van der Waals surface area contributed by atoms with Gasteiger partial charge < -0.3 is 9.15 Å². The van der Waals surface area contributed by atoms with Gasteiger partial charge >= 0.3 is 0 Å². The predicted molar refractivity (Wildman–Crippen MR) is 111 cm³/mol. The SMILES string of the molecule is CSc1nn2cc(-c3nc4c(OCc5ccc(Cl)cc5)cccc4o3)nc2s1. The van der Waals surface area contributed by atoms with Crippen LogP contribution >= 0.6 is 34.7 Å². The van der Waals surface area contributed by atoms with Crippen LogP contribution in [-0.2, 0) is 6.61 Å². The molecule has 6 nitrogen and oxygen atoms in total. The van der Waals surface area contributed by atoms with Gasteiger partial charge in [-0.15, -0.1) is 5.10 Å². The molecule has 3 heterocycles. The zero-order valence-electron chi connectivity index (χ0n) is 14.6. The van der Waals surface area contributed by atoms with Crippen LogP contribution in [0, 0.1) is 0 Å². The topological polar surface area (TPSA) is 65.5 Å². The van der Waals surface area contributed by atoms with Crippen LogP contribution in [0.1, 0.15) is 5.56 Å². The molecule has 0 saturated heterocycles. The van der Waals surface area contributed by atoms with Crippen molar-refractivity contribution in [2.24, 2.45) is 0 Å². The Labute approximate surface area is 173 Å². The predicted octanol–water partition coefficient (Wildman–Crippen LogP) is 5.55. The van der Waals surface area contributed by atoms with Crippen molar-refractivity contribution in [3.05, 3.63) is 59.2 Å². The van der Waals surface area contributed by atoms with E-state index < -0.39 is 0 Å². The summed E-state index contributed by atoms with van der Waals surface area (Å²) in [6, 6.07) is 13.2. The van der Waals surface area contributed by atoms with Gasteiger partial charge in [0.15, 0.2) is 15.4 Å². The Bertz CT molecular complexity index is 1250. The zero-order chi connectivity index (χ0) is 19.1. The van der Waals surface area contributed by atoms with E-state index >= 15 is 0 Å². The maximum atomic E-state index is 5.96. The summed E-state index contributed by atoms with van der Waals surface area (Å²) in [6.45, 7) is 0.417. The molecule has 0 N–H and O–H groups in total. The third-order valence-corrected chi connectivity index (χ3v) is 6.26. The van der Waals surface area contributed by atoms with E-state index in [-0.39, 0.29) is 0 Å². The number of oxazole rings is 1. The average Bonchev–Trinajstić information content (AvgIpc) is 3.39. The van der Waals surface area contributed by atoms with Crippen LogP contribution in [-0.4, -0.2) is 25.8 Å². The lowest BCUT2D eigenvalue weighted by Gasteiger charge is -2.06. The molecule has 0 aliphatic carbocycles. The number of rotatable bonds is 5. The molecule has 0 bridgehead atoms. The number of fused-ring (bicyclic) bond motifs is 2. The minimum Gasteiger partial charge on any atom is -0.486 e. The Balaban J connectivity index is 1.45. The monoisotopic (exact) mass is 428 g/mol. The number of thioether (sulfide) groups is 1. The van der Waals surface area contributed by atoms with Gasteiger partial charge in [0.2, 0.25) is 10.9 Å². The lowest BCUT2D eigenvalue weighted by atomic mass is 10.2. The van der Waals surface area contributed by atoms with Crippen LogP contribution in [0.5, 0.6) is 5.75 Å². The largest absolute Gasteiger partial charge is 0.486 e. The van der Waals surface area contributed by atoms with Crippen LogP contribution in [0.25, 0.3) is 27.6 Å². The Kier molecular flexibility index (Phi) is 4.46. The zero-order valence-corrected chi connectivity index (χ0v) is 17.0. The highest BCUT2D eigenvalue weighted by molar-refractivity contribution is 8.00. The molecule has 9 heteroatoms. The Morgan fingerprint density at radius 1 is 1.18 bits per heavy atom. The van der Waals surface area contributed by atoms with Crippen molar-refractivity contribution in [1.82, 2.24) is 19.6 Å². The van der Waals surface area contributed by atoms with Crippen LogP contribution in [0.3, 0.4) is 0 Å². The Hall–Kier alpha value is -2.55. The van der Waals surface area contributed by atoms with E-state index in [9.17, 15) is 0 Å². The molecule has 0 spiro atoms. The third-order valence-electron chi connectivity index (χ3n) is 4.11. The van der Waals surface area contributed by atoms with Crippen LogP contribution < -0.4 is 4.74 Å². The van der Waals surface area contributed by atoms with Gasteiger partial charge in [0, 0.05) is 5.02 Å². The van der Waals surface area contributed by atoms with Gasteiger partial charge in [-0.3, -0.25) is 0 Å². The number of benzene rings is 2. The lowest BCUT2D eigenvalue weighted by Crippen LogP contribution is -1.95. The second kappa shape index (κ2) is 7.12. The van der Waals surface area contributed by atoms with E-state index in [0.29, 0.717) is 40.1 Å². The summed E-state index contributed by atoms with van der Waals surface area (Å²) >= 11 is 9.05. The molecule has 0 saturated carbocycles.